The van der Waals surface area contributed by atoms with Crippen molar-refractivity contribution in [2.75, 3.05) is 0 Å². The monoisotopic (exact) mass is 208 g/mol. The molecule has 4 nitrogen and oxygen atoms in total. The van der Waals surface area contributed by atoms with Crippen molar-refractivity contribution in [3.05, 3.63) is 34.9 Å². The van der Waals surface area contributed by atoms with Gasteiger partial charge in [-0.25, -0.2) is 9.97 Å². The molecule has 2 bridgehead atoms. The molecule has 2 unspecified atom stereocenters. The van der Waals surface area contributed by atoms with E-state index in [0.717, 1.165) is 24.2 Å². The number of aromatic nitrogens is 2. The van der Waals surface area contributed by atoms with Crippen LogP contribution in [-0.4, -0.2) is 9.97 Å². The average molecular weight is 208 g/mol. The second-order valence-electron chi connectivity index (χ2n) is 4.09. The first-order valence-electron chi connectivity index (χ1n) is 5.24. The predicted molar refractivity (Wildman–Crippen MR) is 55.3 cm³/mol. The summed E-state index contributed by atoms with van der Waals surface area (Å²) >= 11 is 0. The Balaban J connectivity index is 2.26. The lowest BCUT2D eigenvalue weighted by molar-refractivity contribution is 0.524. The number of fused-ring (bicyclic) bond motifs is 1. The summed E-state index contributed by atoms with van der Waals surface area (Å²) in [6, 6.07) is 3.87. The standard InChI is InChI=1S/C12H8N4/c13-5-9-10(6-14)16-12-8-2-1-7(3-4-8)11(12)15-9/h1-2,7-8H,3-4H2. The van der Waals surface area contributed by atoms with Crippen molar-refractivity contribution in [3.8, 4) is 12.1 Å². The van der Waals surface area contributed by atoms with E-state index < -0.39 is 0 Å². The summed E-state index contributed by atoms with van der Waals surface area (Å²) in [6.07, 6.45) is 6.41. The number of rotatable bonds is 0. The first-order valence-corrected chi connectivity index (χ1v) is 5.24. The molecule has 3 aliphatic rings. The third kappa shape index (κ3) is 1.07. The fourth-order valence-electron chi connectivity index (χ4n) is 2.44. The maximum atomic E-state index is 8.90. The number of hydrogen-bond acceptors (Lipinski definition) is 4. The van der Waals surface area contributed by atoms with Gasteiger partial charge in [-0.1, -0.05) is 12.2 Å². The summed E-state index contributed by atoms with van der Waals surface area (Å²) in [7, 11) is 0. The van der Waals surface area contributed by atoms with Gasteiger partial charge in [-0.05, 0) is 12.8 Å². The second kappa shape index (κ2) is 3.15. The summed E-state index contributed by atoms with van der Waals surface area (Å²) in [4.78, 5) is 8.58. The largest absolute Gasteiger partial charge is 0.237 e. The summed E-state index contributed by atoms with van der Waals surface area (Å²) in [5.74, 6) is 0.569. The zero-order chi connectivity index (χ0) is 11.1. The van der Waals surface area contributed by atoms with Gasteiger partial charge in [0.15, 0.2) is 11.4 Å². The molecule has 1 aromatic heterocycles. The molecule has 0 saturated heterocycles. The van der Waals surface area contributed by atoms with Gasteiger partial charge in [0.25, 0.3) is 0 Å². The number of nitriles is 2. The van der Waals surface area contributed by atoms with Gasteiger partial charge in [-0.15, -0.1) is 0 Å². The van der Waals surface area contributed by atoms with Gasteiger partial charge in [0.2, 0.25) is 0 Å². The molecule has 0 amide bonds. The molecule has 3 aliphatic carbocycles. The minimum Gasteiger partial charge on any atom is -0.237 e. The predicted octanol–water partition coefficient (Wildman–Crippen LogP) is 1.75. The Kier molecular flexibility index (Phi) is 1.78. The van der Waals surface area contributed by atoms with Crippen LogP contribution in [0.25, 0.3) is 0 Å². The van der Waals surface area contributed by atoms with Crippen molar-refractivity contribution in [1.29, 1.82) is 10.5 Å². The molecule has 4 heteroatoms. The van der Waals surface area contributed by atoms with Crippen LogP contribution in [0.2, 0.25) is 0 Å². The first kappa shape index (κ1) is 9.06. The smallest absolute Gasteiger partial charge is 0.177 e. The van der Waals surface area contributed by atoms with E-state index in [2.05, 4.69) is 22.1 Å². The minimum atomic E-state index is 0.155. The van der Waals surface area contributed by atoms with E-state index >= 15 is 0 Å². The van der Waals surface area contributed by atoms with Gasteiger partial charge in [-0.2, -0.15) is 10.5 Å². The summed E-state index contributed by atoms with van der Waals surface area (Å²) in [5, 5.41) is 17.8. The van der Waals surface area contributed by atoms with E-state index in [4.69, 9.17) is 10.5 Å². The van der Waals surface area contributed by atoms with Crippen LogP contribution >= 0.6 is 0 Å². The maximum Gasteiger partial charge on any atom is 0.177 e. The van der Waals surface area contributed by atoms with Crippen LogP contribution in [0.5, 0.6) is 0 Å². The molecule has 0 radical (unpaired) electrons. The molecule has 2 atom stereocenters. The number of hydrogen-bond donors (Lipinski definition) is 0. The van der Waals surface area contributed by atoms with Crippen molar-refractivity contribution < 1.29 is 0 Å². The number of allylic oxidation sites excluding steroid dienone is 2. The van der Waals surface area contributed by atoms with Crippen LogP contribution in [0.4, 0.5) is 0 Å². The van der Waals surface area contributed by atoms with Crippen molar-refractivity contribution >= 4 is 0 Å². The number of nitrogens with zero attached hydrogens (tertiary/aromatic N) is 4. The lowest BCUT2D eigenvalue weighted by atomic mass is 9.76. The van der Waals surface area contributed by atoms with Crippen LogP contribution in [-0.2, 0) is 0 Å². The molecule has 0 fully saturated rings. The van der Waals surface area contributed by atoms with Crippen molar-refractivity contribution in [2.45, 2.75) is 24.7 Å². The fraction of sp³-hybridized carbons (Fsp3) is 0.333. The fourth-order valence-corrected chi connectivity index (χ4v) is 2.44. The molecule has 1 heterocycles. The minimum absolute atomic E-state index is 0.155. The molecule has 76 valence electrons. The van der Waals surface area contributed by atoms with Gasteiger partial charge in [0, 0.05) is 11.8 Å². The Morgan fingerprint density at radius 3 is 1.69 bits per heavy atom. The Labute approximate surface area is 92.9 Å². The highest BCUT2D eigenvalue weighted by atomic mass is 14.9. The van der Waals surface area contributed by atoms with Crippen LogP contribution < -0.4 is 0 Å². The van der Waals surface area contributed by atoms with E-state index in [-0.39, 0.29) is 23.2 Å². The Bertz CT molecular complexity index is 523. The van der Waals surface area contributed by atoms with E-state index in [1.165, 1.54) is 0 Å². The van der Waals surface area contributed by atoms with E-state index in [1.54, 1.807) is 0 Å². The molecule has 0 spiro atoms. The van der Waals surface area contributed by atoms with Gasteiger partial charge >= 0.3 is 0 Å². The summed E-state index contributed by atoms with van der Waals surface area (Å²) in [5.41, 5.74) is 2.10. The van der Waals surface area contributed by atoms with Crippen LogP contribution in [0, 0.1) is 22.7 Å². The molecule has 16 heavy (non-hydrogen) atoms. The Morgan fingerprint density at radius 2 is 1.38 bits per heavy atom. The quantitative estimate of drug-likeness (QED) is 0.609. The van der Waals surface area contributed by atoms with Crippen LogP contribution in [0.1, 0.15) is 47.5 Å². The lowest BCUT2D eigenvalue weighted by Crippen LogP contribution is -2.21. The van der Waals surface area contributed by atoms with Crippen molar-refractivity contribution in [1.82, 2.24) is 9.97 Å². The van der Waals surface area contributed by atoms with Crippen LogP contribution in [0.3, 0.4) is 0 Å². The van der Waals surface area contributed by atoms with E-state index in [0.29, 0.717) is 0 Å². The van der Waals surface area contributed by atoms with Gasteiger partial charge in [0.1, 0.15) is 12.1 Å². The molecule has 1 aromatic rings. The normalized spacial score (nSPS) is 24.6. The highest BCUT2D eigenvalue weighted by Crippen LogP contribution is 2.43. The zero-order valence-electron chi connectivity index (χ0n) is 8.51. The summed E-state index contributed by atoms with van der Waals surface area (Å²) in [6.45, 7) is 0. The molecule has 0 saturated carbocycles. The second-order valence-corrected chi connectivity index (χ2v) is 4.09. The average Bonchev–Trinajstić information content (AvgIpc) is 2.38. The molecular weight excluding hydrogens is 200 g/mol. The highest BCUT2D eigenvalue weighted by molar-refractivity contribution is 5.43. The van der Waals surface area contributed by atoms with Crippen molar-refractivity contribution in [3.63, 3.8) is 0 Å². The zero-order valence-corrected chi connectivity index (χ0v) is 8.51. The SMILES string of the molecule is N#Cc1nc2c(nc1C#N)C1C=CC2CC1. The van der Waals surface area contributed by atoms with E-state index in [9.17, 15) is 0 Å². The Morgan fingerprint density at radius 1 is 0.938 bits per heavy atom. The van der Waals surface area contributed by atoms with Gasteiger partial charge in [-0.3, -0.25) is 0 Å². The highest BCUT2D eigenvalue weighted by Gasteiger charge is 2.32. The summed E-state index contributed by atoms with van der Waals surface area (Å²) < 4.78 is 0. The maximum absolute atomic E-state index is 8.90. The molecule has 0 N–H and O–H groups in total. The molecule has 4 rings (SSSR count). The third-order valence-electron chi connectivity index (χ3n) is 3.23. The topological polar surface area (TPSA) is 73.4 Å². The van der Waals surface area contributed by atoms with E-state index in [1.807, 2.05) is 12.1 Å². The molecular formula is C12H8N4. The Hall–Kier alpha value is -2.20. The van der Waals surface area contributed by atoms with Crippen molar-refractivity contribution in [2.24, 2.45) is 0 Å². The van der Waals surface area contributed by atoms with Gasteiger partial charge < -0.3 is 0 Å². The van der Waals surface area contributed by atoms with Gasteiger partial charge in [0.05, 0.1) is 11.4 Å². The third-order valence-corrected chi connectivity index (χ3v) is 3.23. The first-order chi connectivity index (χ1) is 7.83. The van der Waals surface area contributed by atoms with Crippen LogP contribution in [0.15, 0.2) is 12.2 Å². The molecule has 0 aliphatic heterocycles. The lowest BCUT2D eigenvalue weighted by Gasteiger charge is -2.31. The molecule has 0 aromatic carbocycles.